The summed E-state index contributed by atoms with van der Waals surface area (Å²) in [6, 6.07) is 4.21. The van der Waals surface area contributed by atoms with E-state index in [1.165, 1.54) is 11.1 Å². The van der Waals surface area contributed by atoms with Gasteiger partial charge in [0.05, 0.1) is 13.2 Å². The summed E-state index contributed by atoms with van der Waals surface area (Å²) in [6.45, 7) is 7.19. The van der Waals surface area contributed by atoms with Gasteiger partial charge in [-0.3, -0.25) is 0 Å². The number of hydrogen-bond acceptors (Lipinski definition) is 3. The Hall–Kier alpha value is -1.06. The van der Waals surface area contributed by atoms with Crippen LogP contribution in [0.4, 0.5) is 0 Å². The summed E-state index contributed by atoms with van der Waals surface area (Å²) in [6.07, 6.45) is 1.11. The Kier molecular flexibility index (Phi) is 4.02. The van der Waals surface area contributed by atoms with Crippen molar-refractivity contribution in [2.45, 2.75) is 26.8 Å². The first-order valence-electron chi connectivity index (χ1n) is 6.21. The van der Waals surface area contributed by atoms with E-state index in [-0.39, 0.29) is 0 Å². The first-order chi connectivity index (χ1) is 8.20. The van der Waals surface area contributed by atoms with Gasteiger partial charge in [0, 0.05) is 19.1 Å². The van der Waals surface area contributed by atoms with Gasteiger partial charge in [0.1, 0.15) is 5.75 Å². The van der Waals surface area contributed by atoms with Crippen molar-refractivity contribution < 1.29 is 9.47 Å². The maximum absolute atomic E-state index is 5.93. The maximum Gasteiger partial charge on any atom is 0.125 e. The summed E-state index contributed by atoms with van der Waals surface area (Å²) in [5.74, 6) is 1.55. The Bertz CT molecular complexity index is 361. The van der Waals surface area contributed by atoms with Crippen LogP contribution in [0.5, 0.6) is 5.75 Å². The Balaban J connectivity index is 2.04. The molecule has 2 N–H and O–H groups in total. The van der Waals surface area contributed by atoms with Crippen LogP contribution in [-0.4, -0.2) is 19.8 Å². The first kappa shape index (κ1) is 12.4. The molecule has 1 aliphatic rings. The van der Waals surface area contributed by atoms with Gasteiger partial charge in [-0.05, 0) is 37.0 Å². The molecule has 1 saturated heterocycles. The molecule has 0 amide bonds. The van der Waals surface area contributed by atoms with Crippen molar-refractivity contribution in [3.8, 4) is 5.75 Å². The summed E-state index contributed by atoms with van der Waals surface area (Å²) in [5.41, 5.74) is 9.16. The third-order valence-corrected chi connectivity index (χ3v) is 3.24. The van der Waals surface area contributed by atoms with E-state index >= 15 is 0 Å². The average molecular weight is 235 g/mol. The fraction of sp³-hybridized carbons (Fsp3) is 0.571. The minimum Gasteiger partial charge on any atom is -0.493 e. The molecule has 0 spiro atoms. The lowest BCUT2D eigenvalue weighted by atomic mass is 10.1. The zero-order valence-corrected chi connectivity index (χ0v) is 10.7. The van der Waals surface area contributed by atoms with Crippen LogP contribution >= 0.6 is 0 Å². The molecule has 1 unspecified atom stereocenters. The lowest BCUT2D eigenvalue weighted by molar-refractivity contribution is 0.166. The van der Waals surface area contributed by atoms with E-state index in [0.717, 1.165) is 37.6 Å². The lowest BCUT2D eigenvalue weighted by Gasteiger charge is -2.15. The number of hydrogen-bond donors (Lipinski definition) is 1. The third kappa shape index (κ3) is 2.99. The topological polar surface area (TPSA) is 44.5 Å². The van der Waals surface area contributed by atoms with Crippen LogP contribution in [0.2, 0.25) is 0 Å². The molecule has 0 radical (unpaired) electrons. The molecule has 1 aromatic rings. The third-order valence-electron chi connectivity index (χ3n) is 3.24. The van der Waals surface area contributed by atoms with Gasteiger partial charge in [0.25, 0.3) is 0 Å². The van der Waals surface area contributed by atoms with Crippen LogP contribution in [0.1, 0.15) is 23.1 Å². The largest absolute Gasteiger partial charge is 0.493 e. The zero-order valence-electron chi connectivity index (χ0n) is 10.7. The molecule has 2 rings (SSSR count). The number of benzene rings is 1. The van der Waals surface area contributed by atoms with Gasteiger partial charge >= 0.3 is 0 Å². The van der Waals surface area contributed by atoms with Crippen LogP contribution in [0.3, 0.4) is 0 Å². The second kappa shape index (κ2) is 5.52. The van der Waals surface area contributed by atoms with Crippen molar-refractivity contribution in [1.82, 2.24) is 0 Å². The van der Waals surface area contributed by atoms with Crippen LogP contribution in [0.15, 0.2) is 12.1 Å². The minimum atomic E-state index is 0.544. The first-order valence-corrected chi connectivity index (χ1v) is 6.21. The predicted octanol–water partition coefficient (Wildman–Crippen LogP) is 2.18. The lowest BCUT2D eigenvalue weighted by Crippen LogP contribution is -2.13. The number of ether oxygens (including phenoxy) is 2. The van der Waals surface area contributed by atoms with E-state index in [9.17, 15) is 0 Å². The highest BCUT2D eigenvalue weighted by Crippen LogP contribution is 2.26. The van der Waals surface area contributed by atoms with Crippen molar-refractivity contribution in [2.24, 2.45) is 11.7 Å². The Morgan fingerprint density at radius 3 is 2.59 bits per heavy atom. The second-order valence-corrected chi connectivity index (χ2v) is 4.80. The van der Waals surface area contributed by atoms with E-state index in [1.54, 1.807) is 0 Å². The van der Waals surface area contributed by atoms with Crippen molar-refractivity contribution in [2.75, 3.05) is 19.8 Å². The van der Waals surface area contributed by atoms with Gasteiger partial charge < -0.3 is 15.2 Å². The Labute approximate surface area is 103 Å². The molecule has 0 aliphatic carbocycles. The molecule has 94 valence electrons. The molecule has 3 heteroatoms. The number of nitrogens with two attached hydrogens (primary N) is 1. The molecular formula is C14H21NO2. The maximum atomic E-state index is 5.93. The van der Waals surface area contributed by atoms with Gasteiger partial charge in [0.2, 0.25) is 0 Å². The molecule has 0 bridgehead atoms. The van der Waals surface area contributed by atoms with Crippen LogP contribution in [-0.2, 0) is 11.3 Å². The average Bonchev–Trinajstić information content (AvgIpc) is 2.80. The Morgan fingerprint density at radius 2 is 2.06 bits per heavy atom. The van der Waals surface area contributed by atoms with E-state index < -0.39 is 0 Å². The summed E-state index contributed by atoms with van der Waals surface area (Å²) < 4.78 is 11.3. The minimum absolute atomic E-state index is 0.544. The second-order valence-electron chi connectivity index (χ2n) is 4.80. The number of rotatable bonds is 4. The van der Waals surface area contributed by atoms with Gasteiger partial charge in [0.15, 0.2) is 0 Å². The molecule has 1 fully saturated rings. The highest BCUT2D eigenvalue weighted by atomic mass is 16.5. The fourth-order valence-electron chi connectivity index (χ4n) is 2.30. The summed E-state index contributed by atoms with van der Waals surface area (Å²) in [4.78, 5) is 0. The smallest absolute Gasteiger partial charge is 0.125 e. The Morgan fingerprint density at radius 1 is 1.35 bits per heavy atom. The van der Waals surface area contributed by atoms with E-state index in [0.29, 0.717) is 12.5 Å². The van der Waals surface area contributed by atoms with Crippen molar-refractivity contribution in [3.05, 3.63) is 28.8 Å². The molecular weight excluding hydrogens is 214 g/mol. The van der Waals surface area contributed by atoms with Crippen LogP contribution in [0, 0.1) is 19.8 Å². The molecule has 1 atom stereocenters. The van der Waals surface area contributed by atoms with E-state index in [1.807, 2.05) is 0 Å². The summed E-state index contributed by atoms with van der Waals surface area (Å²) >= 11 is 0. The monoisotopic (exact) mass is 235 g/mol. The van der Waals surface area contributed by atoms with Crippen molar-refractivity contribution in [3.63, 3.8) is 0 Å². The molecule has 17 heavy (non-hydrogen) atoms. The molecule has 0 aromatic heterocycles. The fourth-order valence-corrected chi connectivity index (χ4v) is 2.30. The molecule has 1 heterocycles. The number of aryl methyl sites for hydroxylation is 2. The summed E-state index contributed by atoms with van der Waals surface area (Å²) in [7, 11) is 0. The standard InChI is InChI=1S/C14H21NO2/c1-10-5-13(7-15)6-11(2)14(10)17-9-12-3-4-16-8-12/h5-6,12H,3-4,7-9,15H2,1-2H3. The normalized spacial score (nSPS) is 19.6. The van der Waals surface area contributed by atoms with Crippen molar-refractivity contribution >= 4 is 0 Å². The zero-order chi connectivity index (χ0) is 12.3. The highest BCUT2D eigenvalue weighted by Gasteiger charge is 2.17. The van der Waals surface area contributed by atoms with Crippen molar-refractivity contribution in [1.29, 1.82) is 0 Å². The van der Waals surface area contributed by atoms with E-state index in [2.05, 4.69) is 26.0 Å². The molecule has 3 nitrogen and oxygen atoms in total. The molecule has 0 saturated carbocycles. The predicted molar refractivity (Wildman–Crippen MR) is 68.2 cm³/mol. The van der Waals surface area contributed by atoms with Gasteiger partial charge in [-0.1, -0.05) is 12.1 Å². The van der Waals surface area contributed by atoms with Gasteiger partial charge in [-0.15, -0.1) is 0 Å². The SMILES string of the molecule is Cc1cc(CN)cc(C)c1OCC1CCOC1. The summed E-state index contributed by atoms with van der Waals surface area (Å²) in [5, 5.41) is 0. The molecule has 1 aromatic carbocycles. The van der Waals surface area contributed by atoms with E-state index in [4.69, 9.17) is 15.2 Å². The van der Waals surface area contributed by atoms with Gasteiger partial charge in [-0.25, -0.2) is 0 Å². The highest BCUT2D eigenvalue weighted by molar-refractivity contribution is 5.43. The van der Waals surface area contributed by atoms with Gasteiger partial charge in [-0.2, -0.15) is 0 Å². The van der Waals surface area contributed by atoms with Crippen LogP contribution < -0.4 is 10.5 Å². The van der Waals surface area contributed by atoms with Crippen LogP contribution in [0.25, 0.3) is 0 Å². The quantitative estimate of drug-likeness (QED) is 0.870. The molecule has 1 aliphatic heterocycles.